The number of amides is 1. The zero-order valence-corrected chi connectivity index (χ0v) is 22.1. The smallest absolute Gasteiger partial charge is 0.258 e. The molecule has 1 aromatic carbocycles. The molecule has 2 heterocycles. The molecule has 0 spiro atoms. The van der Waals surface area contributed by atoms with E-state index in [9.17, 15) is 9.59 Å². The second kappa shape index (κ2) is 12.3. The Kier molecular flexibility index (Phi) is 9.21. The second-order valence-electron chi connectivity index (χ2n) is 7.83. The Hall–Kier alpha value is -4.22. The molecule has 0 bridgehead atoms. The molecular formula is C26H27ClFN5O5. The van der Waals surface area contributed by atoms with E-state index >= 15 is 4.39 Å². The van der Waals surface area contributed by atoms with Crippen molar-refractivity contribution in [3.8, 4) is 22.8 Å². The van der Waals surface area contributed by atoms with Crippen molar-refractivity contribution >= 4 is 34.0 Å². The minimum atomic E-state index is -0.750. The van der Waals surface area contributed by atoms with Crippen LogP contribution in [0.4, 0.5) is 4.39 Å². The third-order valence-electron chi connectivity index (χ3n) is 5.63. The predicted octanol–water partition coefficient (Wildman–Crippen LogP) is 2.95. The first-order chi connectivity index (χ1) is 18.2. The highest BCUT2D eigenvalue weighted by molar-refractivity contribution is 6.35. The summed E-state index contributed by atoms with van der Waals surface area (Å²) in [5, 5.41) is 3.24. The highest BCUT2D eigenvalue weighted by atomic mass is 35.5. The van der Waals surface area contributed by atoms with Crippen LogP contribution in [0.25, 0.3) is 22.0 Å². The molecule has 200 valence electrons. The van der Waals surface area contributed by atoms with E-state index in [4.69, 9.17) is 31.5 Å². The number of allylic oxidation sites excluding steroid dienone is 1. The first-order valence-corrected chi connectivity index (χ1v) is 11.6. The molecule has 0 atom stereocenters. The maximum atomic E-state index is 15.3. The molecule has 1 amide bonds. The number of carbonyl (C=O) groups is 1. The zero-order chi connectivity index (χ0) is 28.0. The summed E-state index contributed by atoms with van der Waals surface area (Å²) in [6.07, 6.45) is 3.69. The van der Waals surface area contributed by atoms with Crippen molar-refractivity contribution in [1.29, 1.82) is 0 Å². The van der Waals surface area contributed by atoms with Crippen molar-refractivity contribution in [2.75, 3.05) is 34.5 Å². The third-order valence-corrected chi connectivity index (χ3v) is 6.00. The Balaban J connectivity index is 2.25. The van der Waals surface area contributed by atoms with Crippen molar-refractivity contribution < 1.29 is 23.4 Å². The molecule has 0 saturated heterocycles. The molecule has 0 saturated carbocycles. The van der Waals surface area contributed by atoms with Gasteiger partial charge in [-0.2, -0.15) is 0 Å². The Labute approximate surface area is 223 Å². The van der Waals surface area contributed by atoms with Gasteiger partial charge in [0.05, 0.1) is 60.4 Å². The lowest BCUT2D eigenvalue weighted by molar-refractivity contribution is -0.115. The van der Waals surface area contributed by atoms with Crippen molar-refractivity contribution in [3.63, 3.8) is 0 Å². The fourth-order valence-electron chi connectivity index (χ4n) is 3.70. The molecule has 0 aliphatic rings. The van der Waals surface area contributed by atoms with Crippen LogP contribution in [0.2, 0.25) is 5.02 Å². The zero-order valence-electron chi connectivity index (χ0n) is 21.3. The fourth-order valence-corrected chi connectivity index (χ4v) is 4.01. The van der Waals surface area contributed by atoms with Crippen LogP contribution >= 0.6 is 11.6 Å². The number of hydrogen-bond acceptors (Lipinski definition) is 8. The van der Waals surface area contributed by atoms with E-state index in [2.05, 4.69) is 21.9 Å². The predicted molar refractivity (Wildman–Crippen MR) is 144 cm³/mol. The number of methoxy groups -OCH3 is 3. The van der Waals surface area contributed by atoms with E-state index in [-0.39, 0.29) is 56.8 Å². The first-order valence-electron chi connectivity index (χ1n) is 11.2. The minimum Gasteiger partial charge on any atom is -0.495 e. The van der Waals surface area contributed by atoms with E-state index in [1.54, 1.807) is 6.07 Å². The van der Waals surface area contributed by atoms with Gasteiger partial charge in [-0.05, 0) is 18.2 Å². The van der Waals surface area contributed by atoms with Crippen LogP contribution in [-0.4, -0.2) is 55.7 Å². The van der Waals surface area contributed by atoms with Gasteiger partial charge in [0.2, 0.25) is 5.91 Å². The van der Waals surface area contributed by atoms with Gasteiger partial charge in [-0.15, -0.1) is 0 Å². The van der Waals surface area contributed by atoms with Gasteiger partial charge in [-0.3, -0.25) is 19.6 Å². The number of carbonyl (C=O) groups excluding carboxylic acids is 1. The summed E-state index contributed by atoms with van der Waals surface area (Å²) in [5.74, 6) is -1.17. The van der Waals surface area contributed by atoms with E-state index in [0.29, 0.717) is 12.0 Å². The van der Waals surface area contributed by atoms with Crippen LogP contribution in [-0.2, 0) is 16.6 Å². The topological polar surface area (TPSA) is 130 Å². The number of aromatic nitrogens is 2. The summed E-state index contributed by atoms with van der Waals surface area (Å²) >= 11 is 6.45. The van der Waals surface area contributed by atoms with E-state index in [1.807, 2.05) is 0 Å². The highest BCUT2D eigenvalue weighted by Crippen LogP contribution is 2.42. The van der Waals surface area contributed by atoms with Crippen LogP contribution in [0.1, 0.15) is 5.69 Å². The van der Waals surface area contributed by atoms with Gasteiger partial charge in [0, 0.05) is 38.0 Å². The second-order valence-corrected chi connectivity index (χ2v) is 8.21. The van der Waals surface area contributed by atoms with Gasteiger partial charge in [-0.25, -0.2) is 4.39 Å². The van der Waals surface area contributed by atoms with Gasteiger partial charge in [-0.1, -0.05) is 18.2 Å². The third kappa shape index (κ3) is 5.53. The number of nitrogens with one attached hydrogen (secondary N) is 1. The van der Waals surface area contributed by atoms with E-state index < -0.39 is 17.3 Å². The monoisotopic (exact) mass is 543 g/mol. The van der Waals surface area contributed by atoms with E-state index in [1.165, 1.54) is 57.5 Å². The van der Waals surface area contributed by atoms with Crippen LogP contribution in [0.3, 0.4) is 0 Å². The maximum Gasteiger partial charge on any atom is 0.258 e. The average Bonchev–Trinajstić information content (AvgIpc) is 2.92. The molecule has 3 N–H and O–H groups in total. The molecule has 0 aliphatic carbocycles. The summed E-state index contributed by atoms with van der Waals surface area (Å²) in [5.41, 5.74) is 6.11. The number of halogens is 2. The van der Waals surface area contributed by atoms with Crippen LogP contribution in [0.5, 0.6) is 11.5 Å². The number of pyridine rings is 2. The van der Waals surface area contributed by atoms with Crippen LogP contribution in [0, 0.1) is 5.82 Å². The normalized spacial score (nSPS) is 11.9. The molecule has 0 unspecified atom stereocenters. The standard InChI is InChI=1S/C26H27ClFN5O5/c1-6-21(34)32-17(12-29)25(30-7-8-36-3)16-10-15-14(13-31-16)9-18(33(2)26(15)35)22-23(27)19(37-4)11-20(38-5)24(22)28/h6,9-13H,1,7-8,29H2,2-5H3,(H,32,34). The number of hydrogen-bond donors (Lipinski definition) is 2. The number of rotatable bonds is 10. The molecule has 2 aromatic heterocycles. The number of benzene rings is 1. The Morgan fingerprint density at radius 2 is 1.97 bits per heavy atom. The molecule has 0 fully saturated rings. The molecule has 3 aromatic rings. The van der Waals surface area contributed by atoms with Crippen LogP contribution < -0.4 is 26.1 Å². The lowest BCUT2D eigenvalue weighted by Crippen LogP contribution is -2.28. The van der Waals surface area contributed by atoms with Gasteiger partial charge in [0.1, 0.15) is 11.5 Å². The molecule has 12 heteroatoms. The van der Waals surface area contributed by atoms with E-state index in [0.717, 1.165) is 6.08 Å². The fraction of sp³-hybridized carbons (Fsp3) is 0.231. The van der Waals surface area contributed by atoms with Crippen molar-refractivity contribution in [1.82, 2.24) is 14.9 Å². The Morgan fingerprint density at radius 3 is 2.58 bits per heavy atom. The van der Waals surface area contributed by atoms with Crippen LogP contribution in [0.15, 0.2) is 58.7 Å². The largest absolute Gasteiger partial charge is 0.495 e. The van der Waals surface area contributed by atoms with Gasteiger partial charge < -0.3 is 29.8 Å². The molecule has 3 rings (SSSR count). The first kappa shape index (κ1) is 28.4. The number of nitrogens with zero attached hydrogens (tertiary/aromatic N) is 3. The van der Waals surface area contributed by atoms with Gasteiger partial charge >= 0.3 is 0 Å². The number of aliphatic imine (C=N–C) groups is 1. The molecule has 0 aliphatic heterocycles. The summed E-state index contributed by atoms with van der Waals surface area (Å²) in [6.45, 7) is 3.97. The number of ether oxygens (including phenoxy) is 3. The summed E-state index contributed by atoms with van der Waals surface area (Å²) in [4.78, 5) is 34.3. The number of fused-ring (bicyclic) bond motifs is 1. The van der Waals surface area contributed by atoms with Crippen molar-refractivity contribution in [2.24, 2.45) is 17.8 Å². The maximum absolute atomic E-state index is 15.3. The lowest BCUT2D eigenvalue weighted by Gasteiger charge is -2.17. The molecule has 38 heavy (non-hydrogen) atoms. The Bertz CT molecular complexity index is 1490. The lowest BCUT2D eigenvalue weighted by atomic mass is 10.0. The molecule has 0 radical (unpaired) electrons. The number of nitrogens with two attached hydrogens (primary N) is 1. The summed E-state index contributed by atoms with van der Waals surface area (Å²) in [7, 11) is 5.72. The quantitative estimate of drug-likeness (QED) is 0.228. The minimum absolute atomic E-state index is 0.0204. The van der Waals surface area contributed by atoms with Gasteiger partial charge in [0.15, 0.2) is 11.6 Å². The van der Waals surface area contributed by atoms with Crippen molar-refractivity contribution in [3.05, 3.63) is 75.8 Å². The molecule has 10 nitrogen and oxygen atoms in total. The SMILES string of the molecule is C=CC(=O)NC(=CN)C(=NCCOC)c1cc2c(=O)n(C)c(-c3c(F)c(OC)cc(OC)c3Cl)cc2cn1. The summed E-state index contributed by atoms with van der Waals surface area (Å²) < 4.78 is 32.1. The summed E-state index contributed by atoms with van der Waals surface area (Å²) in [6, 6.07) is 4.42. The van der Waals surface area contributed by atoms with Crippen molar-refractivity contribution in [2.45, 2.75) is 0 Å². The average molecular weight is 544 g/mol. The van der Waals surface area contributed by atoms with Gasteiger partial charge in [0.25, 0.3) is 5.56 Å². The Morgan fingerprint density at radius 1 is 1.26 bits per heavy atom. The highest BCUT2D eigenvalue weighted by Gasteiger charge is 2.23. The molecular weight excluding hydrogens is 517 g/mol.